The van der Waals surface area contributed by atoms with Gasteiger partial charge in [-0.15, -0.1) is 5.54 Å². The molecule has 0 bridgehead atoms. The molecule has 0 aromatic heterocycles. The minimum atomic E-state index is -1.35. The molecule has 0 fully saturated rings. The van der Waals surface area contributed by atoms with Crippen molar-refractivity contribution in [3.63, 3.8) is 0 Å². The highest BCUT2D eigenvalue weighted by Gasteiger charge is 2.09. The predicted octanol–water partition coefficient (Wildman–Crippen LogP) is 2.09. The van der Waals surface area contributed by atoms with Crippen molar-refractivity contribution in [2.45, 2.75) is 33.5 Å². The molecule has 0 aliphatic carbocycles. The lowest BCUT2D eigenvalue weighted by molar-refractivity contribution is -0.116. The molecule has 0 atom stereocenters. The molecule has 0 spiro atoms. The molecule has 0 amide bonds. The summed E-state index contributed by atoms with van der Waals surface area (Å²) in [6, 6.07) is 0. The molecule has 11 heavy (non-hydrogen) atoms. The van der Waals surface area contributed by atoms with E-state index in [1.54, 1.807) is 0 Å². The number of Topliss-reactive ketones (excluding diaryl/α,β-unsaturated/α-hetero) is 1. The van der Waals surface area contributed by atoms with E-state index in [1.807, 2.05) is 13.8 Å². The molecule has 0 saturated heterocycles. The van der Waals surface area contributed by atoms with Gasteiger partial charge in [-0.2, -0.15) is 0 Å². The third kappa shape index (κ3) is 5.87. The Bertz CT molecular complexity index is 200. The third-order valence-corrected chi connectivity index (χ3v) is 1.96. The summed E-state index contributed by atoms with van der Waals surface area (Å²) in [5.41, 5.74) is 3.04. The van der Waals surface area contributed by atoms with E-state index in [9.17, 15) is 4.79 Å². The summed E-state index contributed by atoms with van der Waals surface area (Å²) in [6.45, 7) is 10.2. The average molecular weight is 168 g/mol. The van der Waals surface area contributed by atoms with Crippen LogP contribution in [0.2, 0.25) is 19.6 Å². The lowest BCUT2D eigenvalue weighted by atomic mass is 10.1. The monoisotopic (exact) mass is 168 g/mol. The zero-order chi connectivity index (χ0) is 9.07. The van der Waals surface area contributed by atoms with Crippen LogP contribution in [0.15, 0.2) is 0 Å². The fourth-order valence-electron chi connectivity index (χ4n) is 0.393. The number of carbonyl (C=O) groups is 1. The molecule has 0 N–H and O–H groups in total. The van der Waals surface area contributed by atoms with Crippen molar-refractivity contribution >= 4 is 13.9 Å². The molecule has 1 nitrogen and oxygen atoms in total. The number of ketones is 1. The zero-order valence-electron chi connectivity index (χ0n) is 7.99. The van der Waals surface area contributed by atoms with Gasteiger partial charge >= 0.3 is 0 Å². The van der Waals surface area contributed by atoms with Crippen LogP contribution >= 0.6 is 0 Å². The van der Waals surface area contributed by atoms with Crippen LogP contribution in [0.5, 0.6) is 0 Å². The second-order valence-electron chi connectivity index (χ2n) is 4.02. The van der Waals surface area contributed by atoms with Gasteiger partial charge in [0.2, 0.25) is 5.78 Å². The van der Waals surface area contributed by atoms with Gasteiger partial charge in [0.25, 0.3) is 0 Å². The van der Waals surface area contributed by atoms with Gasteiger partial charge in [-0.05, 0) is 5.92 Å². The second-order valence-corrected chi connectivity index (χ2v) is 8.77. The van der Waals surface area contributed by atoms with Gasteiger partial charge in [-0.3, -0.25) is 4.79 Å². The topological polar surface area (TPSA) is 17.1 Å². The number of rotatable bonds is 1. The lowest BCUT2D eigenvalue weighted by Gasteiger charge is -2.03. The highest BCUT2D eigenvalue weighted by molar-refractivity contribution is 6.84. The smallest absolute Gasteiger partial charge is 0.207 e. The van der Waals surface area contributed by atoms with Crippen LogP contribution in [-0.4, -0.2) is 13.9 Å². The quantitative estimate of drug-likeness (QED) is 0.433. The number of carbonyl (C=O) groups excluding carboxylic acids is 1. The molecule has 0 saturated carbocycles. The van der Waals surface area contributed by atoms with E-state index in [0.717, 1.165) is 0 Å². The van der Waals surface area contributed by atoms with Crippen molar-refractivity contribution in [1.82, 2.24) is 0 Å². The van der Waals surface area contributed by atoms with Crippen LogP contribution in [-0.2, 0) is 4.79 Å². The molecule has 0 aliphatic heterocycles. The van der Waals surface area contributed by atoms with E-state index in [-0.39, 0.29) is 11.7 Å². The normalized spacial score (nSPS) is 10.7. The minimum absolute atomic E-state index is 0.0545. The highest BCUT2D eigenvalue weighted by Crippen LogP contribution is 1.98. The largest absolute Gasteiger partial charge is 0.285 e. The van der Waals surface area contributed by atoms with Crippen molar-refractivity contribution < 1.29 is 4.79 Å². The maximum Gasteiger partial charge on any atom is 0.207 e. The van der Waals surface area contributed by atoms with Gasteiger partial charge in [0.15, 0.2) is 0 Å². The van der Waals surface area contributed by atoms with E-state index >= 15 is 0 Å². The van der Waals surface area contributed by atoms with Crippen molar-refractivity contribution in [3.8, 4) is 11.5 Å². The Hall–Kier alpha value is -0.553. The van der Waals surface area contributed by atoms with Crippen LogP contribution < -0.4 is 0 Å². The first-order valence-corrected chi connectivity index (χ1v) is 7.40. The molecule has 0 rings (SSSR count). The summed E-state index contributed by atoms with van der Waals surface area (Å²) in [4.78, 5) is 11.0. The van der Waals surface area contributed by atoms with E-state index in [0.29, 0.717) is 0 Å². The first kappa shape index (κ1) is 10.4. The molecule has 0 aliphatic rings. The lowest BCUT2D eigenvalue weighted by Crippen LogP contribution is -2.17. The Labute approximate surface area is 70.2 Å². The van der Waals surface area contributed by atoms with E-state index in [1.165, 1.54) is 0 Å². The van der Waals surface area contributed by atoms with Gasteiger partial charge in [0.05, 0.1) is 0 Å². The summed E-state index contributed by atoms with van der Waals surface area (Å²) in [7, 11) is -1.35. The SMILES string of the molecule is CC(C)C(=O)C#C[Si](C)(C)C. The van der Waals surface area contributed by atoms with Gasteiger partial charge in [0, 0.05) is 5.92 Å². The summed E-state index contributed by atoms with van der Waals surface area (Å²) in [5.74, 6) is 2.81. The first-order chi connectivity index (χ1) is 4.83. The first-order valence-electron chi connectivity index (χ1n) is 3.90. The van der Waals surface area contributed by atoms with Crippen LogP contribution in [0.4, 0.5) is 0 Å². The maximum absolute atomic E-state index is 11.0. The van der Waals surface area contributed by atoms with Crippen LogP contribution in [0.3, 0.4) is 0 Å². The molecule has 0 aromatic rings. The molecule has 0 unspecified atom stereocenters. The Morgan fingerprint density at radius 2 is 1.73 bits per heavy atom. The van der Waals surface area contributed by atoms with Gasteiger partial charge < -0.3 is 0 Å². The summed E-state index contributed by atoms with van der Waals surface area (Å²) in [5, 5.41) is 0. The predicted molar refractivity (Wildman–Crippen MR) is 51.0 cm³/mol. The fourth-order valence-corrected chi connectivity index (χ4v) is 0.892. The summed E-state index contributed by atoms with van der Waals surface area (Å²) < 4.78 is 0. The Balaban J connectivity index is 4.20. The van der Waals surface area contributed by atoms with E-state index in [4.69, 9.17) is 0 Å². The highest BCUT2D eigenvalue weighted by atomic mass is 28.3. The van der Waals surface area contributed by atoms with Crippen molar-refractivity contribution in [3.05, 3.63) is 0 Å². The van der Waals surface area contributed by atoms with Crippen molar-refractivity contribution in [2.24, 2.45) is 5.92 Å². The molecule has 0 heterocycles. The number of hydrogen-bond donors (Lipinski definition) is 0. The zero-order valence-corrected chi connectivity index (χ0v) is 8.99. The van der Waals surface area contributed by atoms with E-state index in [2.05, 4.69) is 31.1 Å². The maximum atomic E-state index is 11.0. The molecular formula is C9H16OSi. The Morgan fingerprint density at radius 1 is 1.27 bits per heavy atom. The molecule has 0 radical (unpaired) electrons. The standard InChI is InChI=1S/C9H16OSi/c1-8(2)9(10)6-7-11(3,4)5/h8H,1-5H3. The Kier molecular flexibility index (Phi) is 3.54. The van der Waals surface area contributed by atoms with Crippen LogP contribution in [0.1, 0.15) is 13.8 Å². The molecule has 0 aromatic carbocycles. The number of hydrogen-bond acceptors (Lipinski definition) is 1. The van der Waals surface area contributed by atoms with Crippen LogP contribution in [0, 0.1) is 17.4 Å². The van der Waals surface area contributed by atoms with Gasteiger partial charge in [-0.1, -0.05) is 33.5 Å². The Morgan fingerprint density at radius 3 is 2.00 bits per heavy atom. The fraction of sp³-hybridized carbons (Fsp3) is 0.667. The second kappa shape index (κ2) is 3.73. The summed E-state index contributed by atoms with van der Waals surface area (Å²) >= 11 is 0. The van der Waals surface area contributed by atoms with Gasteiger partial charge in [-0.25, -0.2) is 0 Å². The minimum Gasteiger partial charge on any atom is -0.285 e. The summed E-state index contributed by atoms with van der Waals surface area (Å²) in [6.07, 6.45) is 0. The van der Waals surface area contributed by atoms with E-state index < -0.39 is 8.07 Å². The van der Waals surface area contributed by atoms with Gasteiger partial charge in [0.1, 0.15) is 8.07 Å². The van der Waals surface area contributed by atoms with Crippen molar-refractivity contribution in [2.75, 3.05) is 0 Å². The average Bonchev–Trinajstić information content (AvgIpc) is 1.80. The van der Waals surface area contributed by atoms with Crippen LogP contribution in [0.25, 0.3) is 0 Å². The molecule has 62 valence electrons. The third-order valence-electron chi connectivity index (χ3n) is 1.09. The van der Waals surface area contributed by atoms with Crippen molar-refractivity contribution in [1.29, 1.82) is 0 Å². The molecular weight excluding hydrogens is 152 g/mol. The molecule has 2 heteroatoms.